The van der Waals surface area contributed by atoms with E-state index in [-0.39, 0.29) is 0 Å². The van der Waals surface area contributed by atoms with E-state index in [1.165, 1.54) is 11.3 Å². The van der Waals surface area contributed by atoms with Crippen LogP contribution in [0.4, 0.5) is 5.13 Å². The molecule has 0 radical (unpaired) electrons. The van der Waals surface area contributed by atoms with Crippen molar-refractivity contribution in [2.24, 2.45) is 0 Å². The van der Waals surface area contributed by atoms with Crippen molar-refractivity contribution in [1.29, 1.82) is 5.26 Å². The molecule has 0 aliphatic heterocycles. The Kier molecular flexibility index (Phi) is 6.84. The second-order valence-corrected chi connectivity index (χ2v) is 7.95. The molecule has 32 heavy (non-hydrogen) atoms. The average molecular weight is 464 g/mol. The molecule has 0 aliphatic carbocycles. The first-order valence-electron chi connectivity index (χ1n) is 9.83. The molecule has 0 saturated heterocycles. The molecule has 4 aromatic rings. The van der Waals surface area contributed by atoms with Crippen molar-refractivity contribution in [3.05, 3.63) is 54.1 Å². The van der Waals surface area contributed by atoms with Crippen molar-refractivity contribution in [1.82, 2.24) is 24.9 Å². The summed E-state index contributed by atoms with van der Waals surface area (Å²) in [4.78, 5) is 23.2. The van der Waals surface area contributed by atoms with Crippen LogP contribution in [0.25, 0.3) is 33.3 Å². The predicted molar refractivity (Wildman–Crippen MR) is 125 cm³/mol. The highest BCUT2D eigenvalue weighted by molar-refractivity contribution is 7.18. The molecule has 0 amide bonds. The van der Waals surface area contributed by atoms with Crippen LogP contribution in [0.2, 0.25) is 5.02 Å². The number of nitrogens with one attached hydrogen (secondary N) is 1. The predicted octanol–water partition coefficient (Wildman–Crippen LogP) is 5.10. The first kappa shape index (κ1) is 21.6. The summed E-state index contributed by atoms with van der Waals surface area (Å²) < 4.78 is 5.56. The van der Waals surface area contributed by atoms with Gasteiger partial charge in [0.25, 0.3) is 0 Å². The number of nitriles is 1. The number of nitrogens with zero attached hydrogens (tertiary/aromatic N) is 6. The van der Waals surface area contributed by atoms with Crippen molar-refractivity contribution in [2.75, 3.05) is 18.5 Å². The summed E-state index contributed by atoms with van der Waals surface area (Å²) in [7, 11) is 0. The molecule has 4 rings (SSSR count). The summed E-state index contributed by atoms with van der Waals surface area (Å²) in [6.45, 7) is 3.11. The fourth-order valence-electron chi connectivity index (χ4n) is 2.87. The maximum atomic E-state index is 8.68. The number of ether oxygens (including phenoxy) is 1. The zero-order valence-electron chi connectivity index (χ0n) is 17.1. The Morgan fingerprint density at radius 1 is 1.09 bits per heavy atom. The molecule has 0 fully saturated rings. The highest BCUT2D eigenvalue weighted by Gasteiger charge is 2.15. The lowest BCUT2D eigenvalue weighted by Gasteiger charge is -2.10. The molecule has 3 aromatic heterocycles. The van der Waals surface area contributed by atoms with Gasteiger partial charge in [-0.15, -0.1) is 0 Å². The van der Waals surface area contributed by atoms with Gasteiger partial charge in [-0.1, -0.05) is 22.9 Å². The standard InChI is InChI=1S/C22H18ClN7OS/c1-2-26-22-28-13-20(32-22)18-11-17(29-21(30-18)19-12-25-7-8-27-19)15-5-4-14(10-16(15)23)31-9-3-6-24/h4-5,7-8,10-13H,2-3,9H2,1H3,(H,26,28). The minimum absolute atomic E-state index is 0.305. The van der Waals surface area contributed by atoms with Gasteiger partial charge in [-0.05, 0) is 31.2 Å². The number of benzene rings is 1. The fourth-order valence-corrected chi connectivity index (χ4v) is 3.99. The number of hydrogen-bond acceptors (Lipinski definition) is 9. The number of rotatable bonds is 8. The van der Waals surface area contributed by atoms with Gasteiger partial charge in [-0.25, -0.2) is 19.9 Å². The number of hydrogen-bond donors (Lipinski definition) is 1. The normalized spacial score (nSPS) is 10.5. The van der Waals surface area contributed by atoms with Crippen LogP contribution in [0.1, 0.15) is 13.3 Å². The van der Waals surface area contributed by atoms with Gasteiger partial charge in [-0.3, -0.25) is 4.98 Å². The van der Waals surface area contributed by atoms with Gasteiger partial charge in [0.1, 0.15) is 18.1 Å². The van der Waals surface area contributed by atoms with E-state index in [4.69, 9.17) is 31.6 Å². The molecule has 10 heteroatoms. The van der Waals surface area contributed by atoms with Crippen molar-refractivity contribution in [3.8, 4) is 45.2 Å². The summed E-state index contributed by atoms with van der Waals surface area (Å²) in [6, 6.07) is 9.28. The molecule has 3 heterocycles. The summed E-state index contributed by atoms with van der Waals surface area (Å²) in [5.74, 6) is 1.03. The Hall–Kier alpha value is -3.61. The van der Waals surface area contributed by atoms with Crippen LogP contribution in [0.5, 0.6) is 5.75 Å². The molecule has 0 saturated carbocycles. The lowest BCUT2D eigenvalue weighted by molar-refractivity contribution is 0.326. The third kappa shape index (κ3) is 4.99. The fraction of sp³-hybridized carbons (Fsp3) is 0.182. The number of anilines is 1. The van der Waals surface area contributed by atoms with E-state index >= 15 is 0 Å². The maximum Gasteiger partial charge on any atom is 0.183 e. The van der Waals surface area contributed by atoms with Gasteiger partial charge in [0.2, 0.25) is 0 Å². The van der Waals surface area contributed by atoms with E-state index in [0.717, 1.165) is 22.1 Å². The van der Waals surface area contributed by atoms with E-state index < -0.39 is 0 Å². The Bertz CT molecular complexity index is 1260. The minimum Gasteiger partial charge on any atom is -0.492 e. The highest BCUT2D eigenvalue weighted by Crippen LogP contribution is 2.35. The van der Waals surface area contributed by atoms with Crippen molar-refractivity contribution in [2.45, 2.75) is 13.3 Å². The molecule has 1 aromatic carbocycles. The smallest absolute Gasteiger partial charge is 0.183 e. The number of aromatic nitrogens is 5. The molecule has 160 valence electrons. The molecular weight excluding hydrogens is 446 g/mol. The van der Waals surface area contributed by atoms with Gasteiger partial charge >= 0.3 is 0 Å². The van der Waals surface area contributed by atoms with Crippen LogP contribution in [0.3, 0.4) is 0 Å². The van der Waals surface area contributed by atoms with Crippen molar-refractivity contribution < 1.29 is 4.74 Å². The summed E-state index contributed by atoms with van der Waals surface area (Å²) in [6.07, 6.45) is 6.90. The zero-order chi connectivity index (χ0) is 22.3. The third-order valence-electron chi connectivity index (χ3n) is 4.30. The molecular formula is C22H18ClN7OS. The average Bonchev–Trinajstić information content (AvgIpc) is 3.29. The molecule has 0 bridgehead atoms. The summed E-state index contributed by atoms with van der Waals surface area (Å²) in [5.41, 5.74) is 2.63. The maximum absolute atomic E-state index is 8.68. The summed E-state index contributed by atoms with van der Waals surface area (Å²) in [5, 5.41) is 13.2. The first-order chi connectivity index (χ1) is 15.7. The van der Waals surface area contributed by atoms with Crippen LogP contribution < -0.4 is 10.1 Å². The Morgan fingerprint density at radius 3 is 2.72 bits per heavy atom. The highest BCUT2D eigenvalue weighted by atomic mass is 35.5. The largest absolute Gasteiger partial charge is 0.492 e. The molecule has 0 atom stereocenters. The van der Waals surface area contributed by atoms with Crippen LogP contribution in [-0.2, 0) is 0 Å². The van der Waals surface area contributed by atoms with Gasteiger partial charge in [0.05, 0.1) is 40.0 Å². The minimum atomic E-state index is 0.305. The van der Waals surface area contributed by atoms with Crippen molar-refractivity contribution in [3.63, 3.8) is 0 Å². The lowest BCUT2D eigenvalue weighted by Crippen LogP contribution is -1.98. The van der Waals surface area contributed by atoms with Gasteiger partial charge in [0.15, 0.2) is 11.0 Å². The molecule has 8 nitrogen and oxygen atoms in total. The van der Waals surface area contributed by atoms with Gasteiger partial charge in [-0.2, -0.15) is 5.26 Å². The van der Waals surface area contributed by atoms with Gasteiger partial charge < -0.3 is 10.1 Å². The van der Waals surface area contributed by atoms with Crippen LogP contribution in [-0.4, -0.2) is 38.1 Å². The third-order valence-corrected chi connectivity index (χ3v) is 5.59. The van der Waals surface area contributed by atoms with E-state index in [9.17, 15) is 0 Å². The first-order valence-corrected chi connectivity index (χ1v) is 11.0. The summed E-state index contributed by atoms with van der Waals surface area (Å²) >= 11 is 8.07. The number of thiazole rings is 1. The van der Waals surface area contributed by atoms with Crippen LogP contribution in [0.15, 0.2) is 49.1 Å². The second kappa shape index (κ2) is 10.1. The van der Waals surface area contributed by atoms with Gasteiger partial charge in [0, 0.05) is 30.7 Å². The van der Waals surface area contributed by atoms with Crippen LogP contribution in [0, 0.1) is 11.3 Å². The SMILES string of the molecule is CCNc1ncc(-c2cc(-c3ccc(OCCC#N)cc3Cl)nc(-c3cnccn3)n2)s1. The zero-order valence-corrected chi connectivity index (χ0v) is 18.7. The van der Waals surface area contributed by atoms with E-state index in [2.05, 4.69) is 20.3 Å². The topological polar surface area (TPSA) is 110 Å². The Labute approximate surface area is 194 Å². The molecule has 0 aliphatic rings. The lowest BCUT2D eigenvalue weighted by atomic mass is 10.1. The molecule has 0 spiro atoms. The van der Waals surface area contributed by atoms with E-state index in [1.54, 1.807) is 36.9 Å². The molecule has 1 N–H and O–H groups in total. The second-order valence-electron chi connectivity index (χ2n) is 6.51. The van der Waals surface area contributed by atoms with E-state index in [0.29, 0.717) is 46.7 Å². The van der Waals surface area contributed by atoms with E-state index in [1.807, 2.05) is 25.1 Å². The Balaban J connectivity index is 1.76. The molecule has 0 unspecified atom stereocenters. The number of halogens is 1. The Morgan fingerprint density at radius 2 is 1.97 bits per heavy atom. The monoisotopic (exact) mass is 463 g/mol. The van der Waals surface area contributed by atoms with Crippen molar-refractivity contribution >= 4 is 28.1 Å². The quantitative estimate of drug-likeness (QED) is 0.359. The van der Waals surface area contributed by atoms with Crippen LogP contribution >= 0.6 is 22.9 Å².